The van der Waals surface area contributed by atoms with Crippen molar-refractivity contribution in [3.05, 3.63) is 0 Å². The van der Waals surface area contributed by atoms with Crippen LogP contribution in [0, 0.1) is 0 Å². The van der Waals surface area contributed by atoms with Gasteiger partial charge in [-0.1, -0.05) is 0 Å². The zero-order valence-corrected chi connectivity index (χ0v) is 7.28. The Balaban J connectivity index is 3.46. The van der Waals surface area contributed by atoms with Gasteiger partial charge in [0, 0.05) is 0 Å². The fraction of sp³-hybridized carbons (Fsp3) is 0.750. The van der Waals surface area contributed by atoms with Gasteiger partial charge in [-0.2, -0.15) is 0 Å². The summed E-state index contributed by atoms with van der Waals surface area (Å²) in [7, 11) is 0. The molecule has 0 bridgehead atoms. The number of rotatable bonds is 2. The zero-order valence-electron chi connectivity index (χ0n) is 5.13. The van der Waals surface area contributed by atoms with Crippen LogP contribution in [0.5, 0.6) is 0 Å². The van der Waals surface area contributed by atoms with Gasteiger partial charge in [0.1, 0.15) is 0 Å². The number of carbonyl (C=O) groups is 1. The van der Waals surface area contributed by atoms with Crippen LogP contribution in [0.3, 0.4) is 0 Å². The standard InChI is InChI=1S/C4H6F3INO/c1-8-3(10)9-2-4(5,6)7/h2H2,1H3,(H,9,10)/q-1. The molecule has 0 aliphatic heterocycles. The molecule has 1 amide bonds. The first-order chi connectivity index (χ1) is 4.45. The summed E-state index contributed by atoms with van der Waals surface area (Å²) in [5, 5.41) is 1.76. The van der Waals surface area contributed by atoms with Crippen LogP contribution in [0.15, 0.2) is 0 Å². The summed E-state index contributed by atoms with van der Waals surface area (Å²) >= 11 is -0.760. The molecule has 0 saturated carbocycles. The summed E-state index contributed by atoms with van der Waals surface area (Å²) < 4.78 is 33.6. The maximum atomic E-state index is 11.3. The molecule has 0 aliphatic rings. The van der Waals surface area contributed by atoms with Gasteiger partial charge >= 0.3 is 66.1 Å². The molecule has 1 N–H and O–H groups in total. The Hall–Kier alpha value is -0.0100. The van der Waals surface area contributed by atoms with Gasteiger partial charge in [-0.25, -0.2) is 0 Å². The molecule has 0 atom stereocenters. The second kappa shape index (κ2) is 3.99. The van der Waals surface area contributed by atoms with Gasteiger partial charge in [0.2, 0.25) is 0 Å². The molecule has 0 spiro atoms. The first-order valence-corrected chi connectivity index (χ1v) is 5.53. The zero-order chi connectivity index (χ0) is 8.20. The first kappa shape index (κ1) is 9.99. The van der Waals surface area contributed by atoms with E-state index in [0.29, 0.717) is 0 Å². The molecule has 0 radical (unpaired) electrons. The minimum atomic E-state index is -4.28. The van der Waals surface area contributed by atoms with Gasteiger partial charge in [0.15, 0.2) is 0 Å². The summed E-state index contributed by atoms with van der Waals surface area (Å²) in [6.07, 6.45) is -4.28. The molecule has 2 nitrogen and oxygen atoms in total. The number of hydrogen-bond acceptors (Lipinski definition) is 1. The number of carbonyl (C=O) groups excluding carboxylic acids is 1. The molecule has 6 heteroatoms. The number of alkyl halides is 4. The van der Waals surface area contributed by atoms with Crippen molar-refractivity contribution < 1.29 is 39.2 Å². The third-order valence-corrected chi connectivity index (χ3v) is 1.96. The van der Waals surface area contributed by atoms with Gasteiger partial charge in [0.05, 0.1) is 0 Å². The van der Waals surface area contributed by atoms with E-state index in [1.54, 1.807) is 10.2 Å². The second-order valence-electron chi connectivity index (χ2n) is 1.43. The van der Waals surface area contributed by atoms with Gasteiger partial charge in [-0.3, -0.25) is 0 Å². The Morgan fingerprint density at radius 1 is 1.60 bits per heavy atom. The Bertz CT molecular complexity index is 124. The van der Waals surface area contributed by atoms with E-state index in [1.165, 1.54) is 0 Å². The quantitative estimate of drug-likeness (QED) is 0.266. The van der Waals surface area contributed by atoms with Crippen LogP contribution in [-0.4, -0.2) is 21.6 Å². The van der Waals surface area contributed by atoms with Crippen LogP contribution in [0.1, 0.15) is 0 Å². The van der Waals surface area contributed by atoms with Crippen molar-refractivity contribution in [2.24, 2.45) is 0 Å². The van der Waals surface area contributed by atoms with E-state index in [0.717, 1.165) is 0 Å². The first-order valence-electron chi connectivity index (χ1n) is 2.30. The molecule has 0 fully saturated rings. The Kier molecular flexibility index (Phi) is 3.99. The molecule has 0 heterocycles. The molecule has 0 aliphatic carbocycles. The van der Waals surface area contributed by atoms with E-state index in [9.17, 15) is 18.0 Å². The van der Waals surface area contributed by atoms with E-state index < -0.39 is 37.8 Å². The van der Waals surface area contributed by atoms with Crippen molar-refractivity contribution in [3.8, 4) is 0 Å². The topological polar surface area (TPSA) is 29.1 Å². The molecular weight excluding hydrogens is 262 g/mol. The fourth-order valence-corrected chi connectivity index (χ4v) is 0.809. The van der Waals surface area contributed by atoms with Crippen LogP contribution in [0.25, 0.3) is 0 Å². The number of halogens is 4. The van der Waals surface area contributed by atoms with Crippen LogP contribution >= 0.6 is 0 Å². The molecule has 62 valence electrons. The van der Waals surface area contributed by atoms with Crippen molar-refractivity contribution in [1.82, 2.24) is 5.32 Å². The molecule has 0 aromatic heterocycles. The van der Waals surface area contributed by atoms with Crippen LogP contribution < -0.4 is 26.5 Å². The average molecular weight is 268 g/mol. The van der Waals surface area contributed by atoms with Crippen molar-refractivity contribution in [1.29, 1.82) is 0 Å². The Morgan fingerprint density at radius 2 is 2.10 bits per heavy atom. The van der Waals surface area contributed by atoms with Crippen LogP contribution in [-0.2, 0) is 0 Å². The van der Waals surface area contributed by atoms with Gasteiger partial charge in [0.25, 0.3) is 0 Å². The van der Waals surface area contributed by atoms with E-state index in [2.05, 4.69) is 0 Å². The summed E-state index contributed by atoms with van der Waals surface area (Å²) in [4.78, 5) is 11.9. The third-order valence-electron chi connectivity index (χ3n) is 0.599. The number of amides is 1. The molecule has 0 saturated heterocycles. The summed E-state index contributed by atoms with van der Waals surface area (Å²) in [6.45, 7) is -1.21. The maximum absolute atomic E-state index is 11.3. The summed E-state index contributed by atoms with van der Waals surface area (Å²) in [5.74, 6) is 0. The molecule has 0 aromatic rings. The molecular formula is C4H6F3INO-. The molecule has 0 aromatic carbocycles. The van der Waals surface area contributed by atoms with E-state index in [-0.39, 0.29) is 0 Å². The molecule has 0 unspecified atom stereocenters. The SMILES string of the molecule is C[I-]C(=O)NCC(F)(F)F. The number of hydrogen-bond donors (Lipinski definition) is 1. The Labute approximate surface area is 66.4 Å². The summed E-state index contributed by atoms with van der Waals surface area (Å²) in [6, 6.07) is 0. The minimum absolute atomic E-state index is 0.476. The predicted octanol–water partition coefficient (Wildman–Crippen LogP) is -2.02. The van der Waals surface area contributed by atoms with Crippen LogP contribution in [0.2, 0.25) is 0 Å². The number of nitrogens with one attached hydrogen (secondary N) is 1. The monoisotopic (exact) mass is 268 g/mol. The van der Waals surface area contributed by atoms with Gasteiger partial charge in [-0.05, 0) is 0 Å². The normalized spacial score (nSPS) is 11.6. The van der Waals surface area contributed by atoms with Crippen molar-refractivity contribution in [2.45, 2.75) is 6.18 Å². The van der Waals surface area contributed by atoms with Crippen molar-refractivity contribution >= 4 is 3.91 Å². The van der Waals surface area contributed by atoms with Crippen molar-refractivity contribution in [2.75, 3.05) is 11.5 Å². The third kappa shape index (κ3) is 6.12. The van der Waals surface area contributed by atoms with Crippen LogP contribution in [0.4, 0.5) is 18.0 Å². The molecule has 0 rings (SSSR count). The Morgan fingerprint density at radius 3 is 2.40 bits per heavy atom. The van der Waals surface area contributed by atoms with E-state index in [4.69, 9.17) is 0 Å². The molecule has 10 heavy (non-hydrogen) atoms. The fourth-order valence-electron chi connectivity index (χ4n) is 0.237. The summed E-state index contributed by atoms with van der Waals surface area (Å²) in [5.41, 5.74) is 0. The van der Waals surface area contributed by atoms with E-state index in [1.807, 2.05) is 0 Å². The predicted molar refractivity (Wildman–Crippen MR) is 25.4 cm³/mol. The van der Waals surface area contributed by atoms with Gasteiger partial charge in [-0.15, -0.1) is 0 Å². The van der Waals surface area contributed by atoms with Gasteiger partial charge < -0.3 is 0 Å². The average Bonchev–Trinajstić information content (AvgIpc) is 1.81. The second-order valence-corrected chi connectivity index (χ2v) is 3.49. The van der Waals surface area contributed by atoms with E-state index >= 15 is 0 Å². The van der Waals surface area contributed by atoms with Crippen molar-refractivity contribution in [3.63, 3.8) is 0 Å².